The number of hydrogen-bond acceptors (Lipinski definition) is 5. The number of thioether (sulfide) groups is 1. The van der Waals surface area contributed by atoms with Crippen molar-refractivity contribution in [3.05, 3.63) is 52.9 Å². The van der Waals surface area contributed by atoms with Gasteiger partial charge in [0, 0.05) is 17.1 Å². The molecule has 0 fully saturated rings. The summed E-state index contributed by atoms with van der Waals surface area (Å²) >= 11 is 4.81. The fourth-order valence-electron chi connectivity index (χ4n) is 2.34. The molecule has 0 aliphatic heterocycles. The summed E-state index contributed by atoms with van der Waals surface area (Å²) in [6.45, 7) is 1.88. The SMILES string of the molecule is C[C@@H](NC(=O)CSc1nnc(-c2cccc(Br)c2)n1C)c1ccco1. The highest BCUT2D eigenvalue weighted by atomic mass is 79.9. The molecule has 0 saturated heterocycles. The van der Waals surface area contributed by atoms with Crippen LogP contribution in [0, 0.1) is 0 Å². The molecular weight excluding hydrogens is 404 g/mol. The maximum Gasteiger partial charge on any atom is 0.231 e. The molecule has 0 aliphatic rings. The third-order valence-corrected chi connectivity index (χ3v) is 5.11. The molecule has 0 spiro atoms. The molecule has 1 aromatic carbocycles. The zero-order valence-electron chi connectivity index (χ0n) is 13.8. The summed E-state index contributed by atoms with van der Waals surface area (Å²) in [6.07, 6.45) is 1.59. The van der Waals surface area contributed by atoms with Crippen LogP contribution in [-0.4, -0.2) is 26.4 Å². The molecule has 0 aliphatic carbocycles. The molecule has 1 atom stereocenters. The van der Waals surface area contributed by atoms with E-state index in [2.05, 4.69) is 31.4 Å². The zero-order valence-corrected chi connectivity index (χ0v) is 16.2. The van der Waals surface area contributed by atoms with Gasteiger partial charge in [-0.2, -0.15) is 0 Å². The quantitative estimate of drug-likeness (QED) is 0.613. The first-order chi connectivity index (χ1) is 12.0. The van der Waals surface area contributed by atoms with E-state index in [9.17, 15) is 4.79 Å². The van der Waals surface area contributed by atoms with Crippen molar-refractivity contribution in [2.24, 2.45) is 7.05 Å². The molecule has 1 N–H and O–H groups in total. The molecule has 3 rings (SSSR count). The third-order valence-electron chi connectivity index (χ3n) is 3.60. The lowest BCUT2D eigenvalue weighted by Gasteiger charge is -2.11. The minimum absolute atomic E-state index is 0.0825. The van der Waals surface area contributed by atoms with Gasteiger partial charge >= 0.3 is 0 Å². The summed E-state index contributed by atoms with van der Waals surface area (Å²) in [7, 11) is 1.89. The van der Waals surface area contributed by atoms with Gasteiger partial charge < -0.3 is 14.3 Å². The maximum atomic E-state index is 12.1. The number of furan rings is 1. The van der Waals surface area contributed by atoms with Crippen molar-refractivity contribution < 1.29 is 9.21 Å². The molecule has 8 heteroatoms. The van der Waals surface area contributed by atoms with Crippen LogP contribution < -0.4 is 5.32 Å². The Hall–Kier alpha value is -2.06. The highest BCUT2D eigenvalue weighted by molar-refractivity contribution is 9.10. The van der Waals surface area contributed by atoms with E-state index in [0.29, 0.717) is 5.16 Å². The molecule has 0 bridgehead atoms. The van der Waals surface area contributed by atoms with Crippen LogP contribution in [0.3, 0.4) is 0 Å². The summed E-state index contributed by atoms with van der Waals surface area (Å²) in [6, 6.07) is 11.3. The number of carbonyl (C=O) groups excluding carboxylic acids is 1. The highest BCUT2D eigenvalue weighted by Gasteiger charge is 2.15. The molecule has 25 heavy (non-hydrogen) atoms. The van der Waals surface area contributed by atoms with Gasteiger partial charge in [0.2, 0.25) is 5.91 Å². The fourth-order valence-corrected chi connectivity index (χ4v) is 3.46. The summed E-state index contributed by atoms with van der Waals surface area (Å²) in [5.41, 5.74) is 0.965. The molecule has 1 amide bonds. The lowest BCUT2D eigenvalue weighted by Crippen LogP contribution is -2.28. The fraction of sp³-hybridized carbons (Fsp3) is 0.235. The van der Waals surface area contributed by atoms with Crippen LogP contribution in [0.4, 0.5) is 0 Å². The summed E-state index contributed by atoms with van der Waals surface area (Å²) < 4.78 is 8.15. The number of carbonyl (C=O) groups is 1. The van der Waals surface area contributed by atoms with Crippen LogP contribution in [0.15, 0.2) is 56.7 Å². The molecule has 0 radical (unpaired) electrons. The van der Waals surface area contributed by atoms with Gasteiger partial charge in [-0.05, 0) is 31.2 Å². The van der Waals surface area contributed by atoms with Crippen molar-refractivity contribution in [3.8, 4) is 11.4 Å². The lowest BCUT2D eigenvalue weighted by molar-refractivity contribution is -0.119. The second-order valence-corrected chi connectivity index (χ2v) is 7.33. The lowest BCUT2D eigenvalue weighted by atomic mass is 10.2. The number of benzene rings is 1. The maximum absolute atomic E-state index is 12.1. The Kier molecular flexibility index (Phi) is 5.60. The second-order valence-electron chi connectivity index (χ2n) is 5.47. The molecule has 130 valence electrons. The predicted molar refractivity (Wildman–Crippen MR) is 100 cm³/mol. The largest absolute Gasteiger partial charge is 0.467 e. The van der Waals surface area contributed by atoms with Gasteiger partial charge in [-0.15, -0.1) is 10.2 Å². The Labute approximate surface area is 158 Å². The minimum atomic E-state index is -0.167. The molecule has 0 unspecified atom stereocenters. The number of hydrogen-bond donors (Lipinski definition) is 1. The van der Waals surface area contributed by atoms with Crippen LogP contribution in [-0.2, 0) is 11.8 Å². The third kappa shape index (κ3) is 4.32. The van der Waals surface area contributed by atoms with Crippen LogP contribution >= 0.6 is 27.7 Å². The predicted octanol–water partition coefficient (Wildman–Crippen LogP) is 3.81. The summed E-state index contributed by atoms with van der Waals surface area (Å²) in [5.74, 6) is 1.67. The van der Waals surface area contributed by atoms with Gasteiger partial charge in [-0.1, -0.05) is 39.8 Å². The van der Waals surface area contributed by atoms with Crippen molar-refractivity contribution in [1.82, 2.24) is 20.1 Å². The summed E-state index contributed by atoms with van der Waals surface area (Å²) in [5, 5.41) is 12.0. The second kappa shape index (κ2) is 7.88. The first-order valence-electron chi connectivity index (χ1n) is 7.65. The Morgan fingerprint density at radius 2 is 2.20 bits per heavy atom. The number of nitrogens with zero attached hydrogens (tertiary/aromatic N) is 3. The van der Waals surface area contributed by atoms with Crippen molar-refractivity contribution in [2.75, 3.05) is 5.75 Å². The Morgan fingerprint density at radius 1 is 1.36 bits per heavy atom. The van der Waals surface area contributed by atoms with Gasteiger partial charge in [0.1, 0.15) is 5.76 Å². The van der Waals surface area contributed by atoms with Crippen molar-refractivity contribution >= 4 is 33.6 Å². The van der Waals surface area contributed by atoms with Crippen molar-refractivity contribution in [1.29, 1.82) is 0 Å². The minimum Gasteiger partial charge on any atom is -0.467 e. The van der Waals surface area contributed by atoms with Crippen molar-refractivity contribution in [2.45, 2.75) is 18.1 Å². The summed E-state index contributed by atoms with van der Waals surface area (Å²) in [4.78, 5) is 12.1. The Balaban J connectivity index is 1.61. The first kappa shape index (κ1) is 17.8. The van der Waals surface area contributed by atoms with E-state index in [1.165, 1.54) is 11.8 Å². The van der Waals surface area contributed by atoms with Crippen LogP contribution in [0.1, 0.15) is 18.7 Å². The van der Waals surface area contributed by atoms with E-state index in [1.807, 2.05) is 48.9 Å². The van der Waals surface area contributed by atoms with E-state index < -0.39 is 0 Å². The van der Waals surface area contributed by atoms with E-state index in [1.54, 1.807) is 12.3 Å². The molecule has 6 nitrogen and oxygen atoms in total. The van der Waals surface area contributed by atoms with Crippen molar-refractivity contribution in [3.63, 3.8) is 0 Å². The Bertz CT molecular complexity index is 863. The Morgan fingerprint density at radius 3 is 2.92 bits per heavy atom. The molecule has 3 aromatic rings. The molecule has 2 heterocycles. The van der Waals surface area contributed by atoms with Gasteiger partial charge in [0.05, 0.1) is 18.1 Å². The monoisotopic (exact) mass is 420 g/mol. The van der Waals surface area contributed by atoms with Crippen LogP contribution in [0.2, 0.25) is 0 Å². The standard InChI is InChI=1S/C17H17BrN4O2S/c1-11(14-7-4-8-24-14)19-15(23)10-25-17-21-20-16(22(17)2)12-5-3-6-13(18)9-12/h3-9,11H,10H2,1-2H3,(H,19,23)/t11-/m1/s1. The smallest absolute Gasteiger partial charge is 0.231 e. The molecule has 2 aromatic heterocycles. The number of amides is 1. The van der Waals surface area contributed by atoms with Gasteiger partial charge in [-0.3, -0.25) is 4.79 Å². The number of halogens is 1. The van der Waals surface area contributed by atoms with Gasteiger partial charge in [-0.25, -0.2) is 0 Å². The molecular formula is C17H17BrN4O2S. The average molecular weight is 421 g/mol. The van der Waals surface area contributed by atoms with Gasteiger partial charge in [0.15, 0.2) is 11.0 Å². The van der Waals surface area contributed by atoms with Gasteiger partial charge in [0.25, 0.3) is 0 Å². The number of aromatic nitrogens is 3. The zero-order chi connectivity index (χ0) is 17.8. The van der Waals surface area contributed by atoms with E-state index in [4.69, 9.17) is 4.42 Å². The van der Waals surface area contributed by atoms with Crippen LogP contribution in [0.5, 0.6) is 0 Å². The topological polar surface area (TPSA) is 73.0 Å². The number of nitrogens with one attached hydrogen (secondary N) is 1. The highest BCUT2D eigenvalue weighted by Crippen LogP contribution is 2.25. The first-order valence-corrected chi connectivity index (χ1v) is 9.43. The van der Waals surface area contributed by atoms with Crippen LogP contribution in [0.25, 0.3) is 11.4 Å². The molecule has 0 saturated carbocycles. The van der Waals surface area contributed by atoms with E-state index in [0.717, 1.165) is 21.6 Å². The van der Waals surface area contributed by atoms with E-state index in [-0.39, 0.29) is 17.7 Å². The van der Waals surface area contributed by atoms with E-state index >= 15 is 0 Å². The number of rotatable bonds is 6. The average Bonchev–Trinajstić information content (AvgIpc) is 3.23. The normalized spacial score (nSPS) is 12.1.